The first-order chi connectivity index (χ1) is 13.3. The second kappa shape index (κ2) is 8.45. The third-order valence-electron chi connectivity index (χ3n) is 4.95. The van der Waals surface area contributed by atoms with Gasteiger partial charge in [-0.25, -0.2) is 8.78 Å². The molecule has 1 N–H and O–H groups in total. The zero-order chi connectivity index (χ0) is 20.3. The van der Waals surface area contributed by atoms with Crippen LogP contribution in [-0.4, -0.2) is 41.2 Å². The van der Waals surface area contributed by atoms with E-state index in [1.807, 2.05) is 13.0 Å². The van der Waals surface area contributed by atoms with Gasteiger partial charge >= 0.3 is 0 Å². The maximum atomic E-state index is 13.9. The smallest absolute Gasteiger partial charge is 0.256 e. The Bertz CT molecular complexity index is 877. The van der Waals surface area contributed by atoms with Gasteiger partial charge in [-0.05, 0) is 56.0 Å². The highest BCUT2D eigenvalue weighted by molar-refractivity contribution is 6.32. The highest BCUT2D eigenvalue weighted by atomic mass is 35.5. The molecule has 1 atom stereocenters. The number of aryl methyl sites for hydroxylation is 1. The van der Waals surface area contributed by atoms with E-state index >= 15 is 0 Å². The molecule has 1 saturated heterocycles. The molecule has 0 aliphatic carbocycles. The van der Waals surface area contributed by atoms with Crippen molar-refractivity contribution in [3.63, 3.8) is 0 Å². The number of halogens is 3. The van der Waals surface area contributed by atoms with E-state index in [9.17, 15) is 18.7 Å². The number of hydrogen-bond acceptors (Lipinski definition) is 3. The molecule has 2 aromatic rings. The van der Waals surface area contributed by atoms with Gasteiger partial charge in [0.2, 0.25) is 0 Å². The van der Waals surface area contributed by atoms with E-state index in [4.69, 9.17) is 16.3 Å². The molecular formula is C21H22ClF2NO3. The van der Waals surface area contributed by atoms with Gasteiger partial charge in [0.1, 0.15) is 29.6 Å². The summed E-state index contributed by atoms with van der Waals surface area (Å²) in [4.78, 5) is 14.1. The van der Waals surface area contributed by atoms with E-state index in [0.717, 1.165) is 17.7 Å². The van der Waals surface area contributed by atoms with E-state index in [-0.39, 0.29) is 25.1 Å². The number of benzene rings is 2. The number of ether oxygens (including phenoxy) is 1. The zero-order valence-corrected chi connectivity index (χ0v) is 16.3. The minimum atomic E-state index is -1.12. The molecule has 0 saturated carbocycles. The Labute approximate surface area is 167 Å². The van der Waals surface area contributed by atoms with E-state index in [0.29, 0.717) is 36.2 Å². The molecule has 3 rings (SSSR count). The van der Waals surface area contributed by atoms with Crippen LogP contribution in [0.25, 0.3) is 0 Å². The number of carbonyl (C=O) groups excluding carboxylic acids is 1. The lowest BCUT2D eigenvalue weighted by Crippen LogP contribution is -2.38. The highest BCUT2D eigenvalue weighted by Gasteiger charge is 2.33. The monoisotopic (exact) mass is 409 g/mol. The molecule has 4 nitrogen and oxygen atoms in total. The lowest BCUT2D eigenvalue weighted by molar-refractivity contribution is -0.0163. The third kappa shape index (κ3) is 4.80. The van der Waals surface area contributed by atoms with Crippen molar-refractivity contribution in [3.05, 3.63) is 64.2 Å². The minimum absolute atomic E-state index is 0.0448. The van der Waals surface area contributed by atoms with Crippen molar-refractivity contribution in [1.82, 2.24) is 4.90 Å². The molecule has 1 amide bonds. The van der Waals surface area contributed by atoms with E-state index in [1.165, 1.54) is 4.90 Å². The minimum Gasteiger partial charge on any atom is -0.489 e. The average Bonchev–Trinajstić information content (AvgIpc) is 2.84. The Kier molecular flexibility index (Phi) is 6.20. The lowest BCUT2D eigenvalue weighted by Gasteiger charge is -2.27. The predicted molar refractivity (Wildman–Crippen MR) is 103 cm³/mol. The van der Waals surface area contributed by atoms with Gasteiger partial charge in [0.05, 0.1) is 10.6 Å². The van der Waals surface area contributed by atoms with Gasteiger partial charge in [0.15, 0.2) is 0 Å². The zero-order valence-electron chi connectivity index (χ0n) is 15.6. The molecule has 7 heteroatoms. The van der Waals surface area contributed by atoms with Gasteiger partial charge in [-0.2, -0.15) is 0 Å². The van der Waals surface area contributed by atoms with Gasteiger partial charge in [-0.3, -0.25) is 4.79 Å². The molecule has 1 aliphatic heterocycles. The van der Waals surface area contributed by atoms with Crippen LogP contribution in [0.4, 0.5) is 8.78 Å². The van der Waals surface area contributed by atoms with Crippen molar-refractivity contribution >= 4 is 17.5 Å². The van der Waals surface area contributed by atoms with Crippen molar-refractivity contribution < 1.29 is 23.4 Å². The molecule has 0 radical (unpaired) electrons. The topological polar surface area (TPSA) is 49.8 Å². The summed E-state index contributed by atoms with van der Waals surface area (Å²) in [5.74, 6) is -1.63. The Morgan fingerprint density at radius 3 is 2.75 bits per heavy atom. The third-order valence-corrected chi connectivity index (χ3v) is 5.26. The molecule has 0 bridgehead atoms. The maximum absolute atomic E-state index is 13.9. The first kappa shape index (κ1) is 20.6. The highest BCUT2D eigenvalue weighted by Crippen LogP contribution is 2.29. The Balaban J connectivity index is 1.65. The van der Waals surface area contributed by atoms with Crippen LogP contribution in [-0.2, 0) is 0 Å². The summed E-state index contributed by atoms with van der Waals surface area (Å²) in [7, 11) is 0. The molecule has 28 heavy (non-hydrogen) atoms. The van der Waals surface area contributed by atoms with Crippen LogP contribution in [0.2, 0.25) is 5.02 Å². The van der Waals surface area contributed by atoms with Crippen LogP contribution in [0.15, 0.2) is 36.4 Å². The first-order valence-electron chi connectivity index (χ1n) is 9.13. The van der Waals surface area contributed by atoms with E-state index in [2.05, 4.69) is 0 Å². The van der Waals surface area contributed by atoms with Crippen molar-refractivity contribution in [1.29, 1.82) is 0 Å². The Morgan fingerprint density at radius 1 is 1.21 bits per heavy atom. The fraction of sp³-hybridized carbons (Fsp3) is 0.381. The second-order valence-electron chi connectivity index (χ2n) is 7.22. The van der Waals surface area contributed by atoms with Crippen LogP contribution < -0.4 is 4.74 Å². The fourth-order valence-corrected chi connectivity index (χ4v) is 3.46. The molecule has 0 aromatic heterocycles. The summed E-state index contributed by atoms with van der Waals surface area (Å²) in [6.07, 6.45) is 1.26. The average molecular weight is 410 g/mol. The number of hydrogen-bond donors (Lipinski definition) is 1. The lowest BCUT2D eigenvalue weighted by atomic mass is 9.96. The standard InChI is InChI=1S/C21H22ClF2NO3/c1-14-3-6-17(22)19(11-14)28-13-21(27)7-2-9-25(10-8-21)20(26)16-5-4-15(23)12-18(16)24/h3-6,11-12,27H,2,7-10,13H2,1H3. The van der Waals surface area contributed by atoms with Gasteiger partial charge < -0.3 is 14.7 Å². The van der Waals surface area contributed by atoms with Crippen LogP contribution in [0, 0.1) is 18.6 Å². The SMILES string of the molecule is Cc1ccc(Cl)c(OCC2(O)CCCN(C(=O)c3ccc(F)cc3F)CC2)c1. The van der Waals surface area contributed by atoms with Gasteiger partial charge in [0, 0.05) is 19.2 Å². The molecule has 1 unspecified atom stereocenters. The summed E-state index contributed by atoms with van der Waals surface area (Å²) in [5.41, 5.74) is -0.302. The van der Waals surface area contributed by atoms with Gasteiger partial charge in [-0.1, -0.05) is 17.7 Å². The molecule has 150 valence electrons. The second-order valence-corrected chi connectivity index (χ2v) is 7.62. The molecule has 0 spiro atoms. The molecule has 1 heterocycles. The van der Waals surface area contributed by atoms with Crippen LogP contribution in [0.3, 0.4) is 0 Å². The molecule has 1 fully saturated rings. The van der Waals surface area contributed by atoms with Crippen molar-refractivity contribution in [2.24, 2.45) is 0 Å². The summed E-state index contributed by atoms with van der Waals surface area (Å²) < 4.78 is 32.7. The van der Waals surface area contributed by atoms with Crippen molar-refractivity contribution in [2.45, 2.75) is 31.8 Å². The summed E-state index contributed by atoms with van der Waals surface area (Å²) in [6.45, 7) is 2.59. The summed E-state index contributed by atoms with van der Waals surface area (Å²) >= 11 is 6.13. The molecular weight excluding hydrogens is 388 g/mol. The Hall–Kier alpha value is -2.18. The molecule has 1 aliphatic rings. The number of rotatable bonds is 4. The number of aliphatic hydroxyl groups is 1. The quantitative estimate of drug-likeness (QED) is 0.816. The summed E-state index contributed by atoms with van der Waals surface area (Å²) in [6, 6.07) is 8.31. The number of carbonyl (C=O) groups is 1. The molecule has 2 aromatic carbocycles. The largest absolute Gasteiger partial charge is 0.489 e. The van der Waals surface area contributed by atoms with E-state index < -0.39 is 23.1 Å². The normalized spacial score (nSPS) is 20.0. The number of amides is 1. The van der Waals surface area contributed by atoms with Crippen LogP contribution in [0.5, 0.6) is 5.75 Å². The number of likely N-dealkylation sites (tertiary alicyclic amines) is 1. The van der Waals surface area contributed by atoms with Gasteiger partial charge in [0.25, 0.3) is 5.91 Å². The van der Waals surface area contributed by atoms with Crippen LogP contribution in [0.1, 0.15) is 35.2 Å². The van der Waals surface area contributed by atoms with E-state index in [1.54, 1.807) is 12.1 Å². The summed E-state index contributed by atoms with van der Waals surface area (Å²) in [5, 5.41) is 11.4. The first-order valence-corrected chi connectivity index (χ1v) is 9.51. The van der Waals surface area contributed by atoms with Crippen molar-refractivity contribution in [3.8, 4) is 5.75 Å². The fourth-order valence-electron chi connectivity index (χ4n) is 3.29. The predicted octanol–water partition coefficient (Wildman–Crippen LogP) is 4.36. The van der Waals surface area contributed by atoms with Crippen molar-refractivity contribution in [2.75, 3.05) is 19.7 Å². The van der Waals surface area contributed by atoms with Crippen LogP contribution >= 0.6 is 11.6 Å². The Morgan fingerprint density at radius 2 is 2.00 bits per heavy atom. The van der Waals surface area contributed by atoms with Gasteiger partial charge in [-0.15, -0.1) is 0 Å². The number of nitrogens with zero attached hydrogens (tertiary/aromatic N) is 1. The maximum Gasteiger partial charge on any atom is 0.256 e.